The van der Waals surface area contributed by atoms with E-state index in [1.165, 1.54) is 89.0 Å². The Morgan fingerprint density at radius 2 is 0.677 bits per heavy atom. The van der Waals surface area contributed by atoms with Crippen LogP contribution in [0.1, 0.15) is 47.2 Å². The highest BCUT2D eigenvalue weighted by Crippen LogP contribution is 2.58. The molecule has 0 N–H and O–H groups in total. The molecule has 1 heteroatoms. The van der Waals surface area contributed by atoms with Crippen LogP contribution in [-0.2, 0) is 10.8 Å². The molecule has 0 aliphatic heterocycles. The lowest BCUT2D eigenvalue weighted by atomic mass is 9.67. The second-order valence-corrected chi connectivity index (χ2v) is 18.0. The molecular formula is C64H47N. The minimum absolute atomic E-state index is 0.235. The Balaban J connectivity index is 1.03. The van der Waals surface area contributed by atoms with E-state index < -0.39 is 5.41 Å². The molecule has 10 aromatic carbocycles. The summed E-state index contributed by atoms with van der Waals surface area (Å²) in [7, 11) is 0. The van der Waals surface area contributed by atoms with Crippen molar-refractivity contribution in [3.05, 3.63) is 282 Å². The molecule has 0 radical (unpaired) electrons. The first kappa shape index (κ1) is 38.7. The highest BCUT2D eigenvalue weighted by atomic mass is 15.1. The largest absolute Gasteiger partial charge is 0.310 e. The molecule has 2 aliphatic carbocycles. The number of hydrogen-bond donors (Lipinski definition) is 0. The third-order valence-electron chi connectivity index (χ3n) is 14.2. The van der Waals surface area contributed by atoms with E-state index in [-0.39, 0.29) is 5.41 Å². The van der Waals surface area contributed by atoms with Gasteiger partial charge in [-0.3, -0.25) is 0 Å². The van der Waals surface area contributed by atoms with E-state index >= 15 is 0 Å². The maximum atomic E-state index is 2.51. The summed E-state index contributed by atoms with van der Waals surface area (Å²) in [4.78, 5) is 2.51. The van der Waals surface area contributed by atoms with Gasteiger partial charge in [0.15, 0.2) is 0 Å². The van der Waals surface area contributed by atoms with E-state index in [1.54, 1.807) is 0 Å². The molecule has 0 fully saturated rings. The Morgan fingerprint density at radius 1 is 0.277 bits per heavy atom. The smallest absolute Gasteiger partial charge is 0.0714 e. The van der Waals surface area contributed by atoms with Gasteiger partial charge in [-0.25, -0.2) is 0 Å². The molecule has 2 aliphatic rings. The lowest BCUT2D eigenvalue weighted by Crippen LogP contribution is -2.28. The SMILES string of the molecule is CC1(C)c2cc(-c3ccc(-c4ccccc4)cc3)ccc2-c2ccc(N(c3ccc4c(c3)C(c3ccccc3)(c3ccccc3)c3ccccc3-4)c3ccccc3-c3ccccc3)cc21. The fourth-order valence-electron chi connectivity index (χ4n) is 11.1. The number of benzene rings is 10. The molecule has 0 aromatic heterocycles. The third kappa shape index (κ3) is 6.15. The van der Waals surface area contributed by atoms with Crippen LogP contribution in [0.3, 0.4) is 0 Å². The van der Waals surface area contributed by atoms with E-state index in [0.29, 0.717) is 0 Å². The van der Waals surface area contributed by atoms with Gasteiger partial charge in [0, 0.05) is 22.4 Å². The summed E-state index contributed by atoms with van der Waals surface area (Å²) in [6.45, 7) is 4.79. The second-order valence-electron chi connectivity index (χ2n) is 18.0. The first-order valence-corrected chi connectivity index (χ1v) is 22.8. The van der Waals surface area contributed by atoms with Crippen LogP contribution in [0, 0.1) is 0 Å². The average Bonchev–Trinajstić information content (AvgIpc) is 3.80. The molecule has 65 heavy (non-hydrogen) atoms. The molecule has 308 valence electrons. The Labute approximate surface area is 382 Å². The molecule has 0 amide bonds. The van der Waals surface area contributed by atoms with Crippen LogP contribution in [0.15, 0.2) is 249 Å². The van der Waals surface area contributed by atoms with E-state index in [4.69, 9.17) is 0 Å². The normalized spacial score (nSPS) is 13.6. The zero-order valence-electron chi connectivity index (χ0n) is 36.6. The first-order valence-electron chi connectivity index (χ1n) is 22.8. The standard InChI is InChI=1S/C64H47N/c1-63(2)59-41-48(46-33-31-45(32-34-46)44-19-7-3-8-20-44)35-38-55(59)56-39-36-51(42-60(56)63)65(62-30-18-16-27-53(62)47-21-9-4-10-22-47)52-37-40-57-54-28-15-17-29-58(54)64(61(57)43-52,49-23-11-5-12-24-49)50-25-13-6-14-26-50/h3-43H,1-2H3. The van der Waals surface area contributed by atoms with Crippen molar-refractivity contribution < 1.29 is 0 Å². The summed E-state index contributed by atoms with van der Waals surface area (Å²) < 4.78 is 0. The van der Waals surface area contributed by atoms with E-state index in [1.807, 2.05) is 0 Å². The molecule has 0 unspecified atom stereocenters. The van der Waals surface area contributed by atoms with Crippen molar-refractivity contribution in [1.82, 2.24) is 0 Å². The molecule has 0 spiro atoms. The van der Waals surface area contributed by atoms with Gasteiger partial charge in [0.25, 0.3) is 0 Å². The van der Waals surface area contributed by atoms with Gasteiger partial charge in [0.1, 0.15) is 0 Å². The minimum Gasteiger partial charge on any atom is -0.310 e. The van der Waals surface area contributed by atoms with Crippen molar-refractivity contribution in [2.45, 2.75) is 24.7 Å². The molecule has 1 nitrogen and oxygen atoms in total. The molecule has 0 saturated heterocycles. The van der Waals surface area contributed by atoms with Gasteiger partial charge in [-0.1, -0.05) is 226 Å². The van der Waals surface area contributed by atoms with Crippen LogP contribution in [0.5, 0.6) is 0 Å². The zero-order chi connectivity index (χ0) is 43.5. The van der Waals surface area contributed by atoms with Crippen LogP contribution in [-0.4, -0.2) is 0 Å². The van der Waals surface area contributed by atoms with Crippen LogP contribution in [0.25, 0.3) is 55.6 Å². The maximum absolute atomic E-state index is 2.51. The number of rotatable bonds is 8. The number of para-hydroxylation sites is 1. The second kappa shape index (κ2) is 15.4. The molecule has 0 saturated carbocycles. The highest BCUT2D eigenvalue weighted by Gasteiger charge is 2.46. The van der Waals surface area contributed by atoms with Gasteiger partial charge in [-0.05, 0) is 120 Å². The van der Waals surface area contributed by atoms with Gasteiger partial charge in [0.2, 0.25) is 0 Å². The Kier molecular flexibility index (Phi) is 9.14. The van der Waals surface area contributed by atoms with Crippen molar-refractivity contribution in [2.24, 2.45) is 0 Å². The molecule has 12 rings (SSSR count). The van der Waals surface area contributed by atoms with Gasteiger partial charge in [-0.2, -0.15) is 0 Å². The highest BCUT2D eigenvalue weighted by molar-refractivity contribution is 5.94. The van der Waals surface area contributed by atoms with E-state index in [0.717, 1.165) is 17.1 Å². The van der Waals surface area contributed by atoms with Crippen molar-refractivity contribution in [3.8, 4) is 55.6 Å². The average molecular weight is 830 g/mol. The summed E-state index contributed by atoms with van der Waals surface area (Å²) in [5.74, 6) is 0. The molecule has 10 aromatic rings. The molecular weight excluding hydrogens is 783 g/mol. The summed E-state index contributed by atoms with van der Waals surface area (Å²) >= 11 is 0. The fraction of sp³-hybridized carbons (Fsp3) is 0.0625. The summed E-state index contributed by atoms with van der Waals surface area (Å²) in [5.41, 5.74) is 22.9. The first-order chi connectivity index (χ1) is 32.0. The Bertz CT molecular complexity index is 3330. The lowest BCUT2D eigenvalue weighted by molar-refractivity contribution is 0.660. The lowest BCUT2D eigenvalue weighted by Gasteiger charge is -2.35. The number of hydrogen-bond acceptors (Lipinski definition) is 1. The van der Waals surface area contributed by atoms with Crippen molar-refractivity contribution in [1.29, 1.82) is 0 Å². The molecule has 0 atom stereocenters. The fourth-order valence-corrected chi connectivity index (χ4v) is 11.1. The van der Waals surface area contributed by atoms with Crippen molar-refractivity contribution in [2.75, 3.05) is 4.90 Å². The third-order valence-corrected chi connectivity index (χ3v) is 14.2. The predicted octanol–water partition coefficient (Wildman–Crippen LogP) is 16.8. The molecule has 0 heterocycles. The zero-order valence-corrected chi connectivity index (χ0v) is 36.6. The topological polar surface area (TPSA) is 3.24 Å². The predicted molar refractivity (Wildman–Crippen MR) is 272 cm³/mol. The van der Waals surface area contributed by atoms with Crippen LogP contribution < -0.4 is 4.90 Å². The van der Waals surface area contributed by atoms with Crippen LogP contribution in [0.4, 0.5) is 17.1 Å². The monoisotopic (exact) mass is 829 g/mol. The van der Waals surface area contributed by atoms with E-state index in [9.17, 15) is 0 Å². The van der Waals surface area contributed by atoms with E-state index in [2.05, 4.69) is 267 Å². The summed E-state index contributed by atoms with van der Waals surface area (Å²) in [6, 6.07) is 92.0. The molecule has 0 bridgehead atoms. The van der Waals surface area contributed by atoms with Gasteiger partial charge in [-0.15, -0.1) is 0 Å². The van der Waals surface area contributed by atoms with Crippen LogP contribution in [0.2, 0.25) is 0 Å². The minimum atomic E-state index is -0.518. The van der Waals surface area contributed by atoms with Gasteiger partial charge >= 0.3 is 0 Å². The van der Waals surface area contributed by atoms with Gasteiger partial charge < -0.3 is 4.90 Å². The quantitative estimate of drug-likeness (QED) is 0.147. The number of nitrogens with zero attached hydrogens (tertiary/aromatic N) is 1. The Hall–Kier alpha value is -8.00. The van der Waals surface area contributed by atoms with Crippen LogP contribution >= 0.6 is 0 Å². The number of anilines is 3. The summed E-state index contributed by atoms with van der Waals surface area (Å²) in [6.07, 6.45) is 0. The number of fused-ring (bicyclic) bond motifs is 6. The van der Waals surface area contributed by atoms with Gasteiger partial charge in [0.05, 0.1) is 11.1 Å². The Morgan fingerprint density at radius 3 is 1.29 bits per heavy atom. The summed E-state index contributed by atoms with van der Waals surface area (Å²) in [5, 5.41) is 0. The maximum Gasteiger partial charge on any atom is 0.0714 e. The van der Waals surface area contributed by atoms with Crippen molar-refractivity contribution in [3.63, 3.8) is 0 Å². The van der Waals surface area contributed by atoms with Crippen molar-refractivity contribution >= 4 is 17.1 Å².